The van der Waals surface area contributed by atoms with Crippen LogP contribution in [0.2, 0.25) is 0 Å². The fourth-order valence-corrected chi connectivity index (χ4v) is 5.29. The van der Waals surface area contributed by atoms with E-state index < -0.39 is 64.1 Å². The highest BCUT2D eigenvalue weighted by atomic mass is 32.1. The van der Waals surface area contributed by atoms with Crippen LogP contribution in [0.1, 0.15) is 43.2 Å². The van der Waals surface area contributed by atoms with Crippen LogP contribution in [0.4, 0.5) is 79.6 Å². The van der Waals surface area contributed by atoms with Crippen molar-refractivity contribution in [3.8, 4) is 6.07 Å². The average Bonchev–Trinajstić information content (AvgIpc) is 3.17. The van der Waals surface area contributed by atoms with Crippen LogP contribution in [-0.2, 0) is 17.6 Å². The van der Waals surface area contributed by atoms with Gasteiger partial charge < -0.3 is 5.32 Å². The zero-order valence-electron chi connectivity index (χ0n) is 21.4. The molecule has 1 aliphatic carbocycles. The van der Waals surface area contributed by atoms with Crippen molar-refractivity contribution in [2.75, 3.05) is 5.32 Å². The van der Waals surface area contributed by atoms with E-state index in [2.05, 4.69) is 0 Å². The van der Waals surface area contributed by atoms with Crippen molar-refractivity contribution in [2.45, 2.75) is 87.7 Å². The first-order valence-corrected chi connectivity index (χ1v) is 12.2. The molecule has 3 nitrogen and oxygen atoms in total. The summed E-state index contributed by atoms with van der Waals surface area (Å²) < 4.78 is 229. The van der Waals surface area contributed by atoms with Gasteiger partial charge in [-0.3, -0.25) is 4.79 Å². The Morgan fingerprint density at radius 2 is 1.16 bits per heavy atom. The number of nitriles is 1. The van der Waals surface area contributed by atoms with Crippen molar-refractivity contribution in [1.29, 1.82) is 5.26 Å². The standard InChI is InChI=1S/C22H17F17N2OS/c1-14(2,3)8-4-5-9-10(7-40)12(43-11(9)6-8)41-13(42)15(23,24)16(25,26)17(27,28)18(29,30)19(31,32)20(33,34)21(35,36)22(37,38)39/h8H,4-6H2,1-3H3,(H,41,42). The predicted molar refractivity (Wildman–Crippen MR) is 113 cm³/mol. The van der Waals surface area contributed by atoms with Crippen molar-refractivity contribution < 1.29 is 79.4 Å². The number of thiophene rings is 1. The van der Waals surface area contributed by atoms with Crippen LogP contribution in [0.25, 0.3) is 0 Å². The number of fused-ring (bicyclic) bond motifs is 1. The molecule has 1 aromatic heterocycles. The summed E-state index contributed by atoms with van der Waals surface area (Å²) in [5, 5.41) is 9.24. The minimum absolute atomic E-state index is 0.0647. The van der Waals surface area contributed by atoms with E-state index in [0.717, 1.165) is 5.32 Å². The molecule has 0 spiro atoms. The molecule has 1 N–H and O–H groups in total. The van der Waals surface area contributed by atoms with Crippen molar-refractivity contribution in [3.63, 3.8) is 0 Å². The van der Waals surface area contributed by atoms with Gasteiger partial charge in [0.2, 0.25) is 0 Å². The minimum atomic E-state index is -8.79. The molecule has 1 heterocycles. The summed E-state index contributed by atoms with van der Waals surface area (Å²) in [6.45, 7) is 5.39. The van der Waals surface area contributed by atoms with E-state index in [4.69, 9.17) is 0 Å². The fourth-order valence-electron chi connectivity index (χ4n) is 4.02. The molecule has 0 radical (unpaired) electrons. The number of nitrogens with one attached hydrogen (secondary N) is 1. The first-order chi connectivity index (χ1) is 18.8. The van der Waals surface area contributed by atoms with Gasteiger partial charge in [0.15, 0.2) is 0 Å². The fraction of sp³-hybridized carbons (Fsp3) is 0.727. The van der Waals surface area contributed by atoms with Crippen LogP contribution in [0.3, 0.4) is 0 Å². The third kappa shape index (κ3) is 5.18. The van der Waals surface area contributed by atoms with Crippen molar-refractivity contribution in [1.82, 2.24) is 0 Å². The van der Waals surface area contributed by atoms with E-state index in [1.165, 1.54) is 6.07 Å². The first kappa shape index (κ1) is 36.7. The number of hydrogen-bond acceptors (Lipinski definition) is 3. The van der Waals surface area contributed by atoms with Gasteiger partial charge in [-0.05, 0) is 36.2 Å². The van der Waals surface area contributed by atoms with Crippen molar-refractivity contribution in [3.05, 3.63) is 16.0 Å². The van der Waals surface area contributed by atoms with Crippen LogP contribution >= 0.6 is 11.3 Å². The molecule has 43 heavy (non-hydrogen) atoms. The number of carbonyl (C=O) groups excluding carboxylic acids is 1. The van der Waals surface area contributed by atoms with E-state index >= 15 is 0 Å². The SMILES string of the molecule is CC(C)(C)C1CCc2c(sc(NC(=O)C(F)(F)C(F)(F)C(F)(F)C(F)(F)C(F)(F)C(F)(F)C(F)(F)C(F)(F)F)c2C#N)C1. The highest BCUT2D eigenvalue weighted by Gasteiger charge is 2.95. The molecule has 1 unspecified atom stereocenters. The van der Waals surface area contributed by atoms with Gasteiger partial charge in [0.05, 0.1) is 5.56 Å². The van der Waals surface area contributed by atoms with Gasteiger partial charge in [-0.2, -0.15) is 79.9 Å². The molecular formula is C22H17F17N2OS. The lowest BCUT2D eigenvalue weighted by Gasteiger charge is -2.42. The van der Waals surface area contributed by atoms with Gasteiger partial charge in [0, 0.05) is 4.88 Å². The molecule has 0 aromatic carbocycles. The van der Waals surface area contributed by atoms with E-state index in [1.54, 1.807) is 20.8 Å². The molecular weight excluding hydrogens is 663 g/mol. The second-order valence-electron chi connectivity index (χ2n) is 10.6. The second-order valence-corrected chi connectivity index (χ2v) is 11.7. The van der Waals surface area contributed by atoms with Gasteiger partial charge >= 0.3 is 53.5 Å². The molecule has 246 valence electrons. The van der Waals surface area contributed by atoms with Gasteiger partial charge in [0.25, 0.3) is 0 Å². The summed E-state index contributed by atoms with van der Waals surface area (Å²) in [6, 6.07) is 1.42. The maximum atomic E-state index is 14.3. The molecule has 0 fully saturated rings. The Bertz CT molecular complexity index is 1280. The molecule has 0 saturated heterocycles. The zero-order chi connectivity index (χ0) is 34.2. The lowest BCUT2D eigenvalue weighted by atomic mass is 9.72. The molecule has 1 amide bonds. The highest BCUT2D eigenvalue weighted by Crippen LogP contribution is 2.64. The molecule has 2 rings (SSSR count). The van der Waals surface area contributed by atoms with E-state index in [1.807, 2.05) is 0 Å². The summed E-state index contributed by atoms with van der Waals surface area (Å²) >= 11 is 0.310. The summed E-state index contributed by atoms with van der Waals surface area (Å²) in [7, 11) is 0. The number of anilines is 1. The molecule has 1 aliphatic rings. The Labute approximate surface area is 234 Å². The topological polar surface area (TPSA) is 52.9 Å². The molecule has 1 aromatic rings. The van der Waals surface area contributed by atoms with Crippen LogP contribution in [0.5, 0.6) is 0 Å². The van der Waals surface area contributed by atoms with Gasteiger partial charge in [-0.25, -0.2) is 0 Å². The largest absolute Gasteiger partial charge is 0.460 e. The molecule has 1 atom stereocenters. The van der Waals surface area contributed by atoms with Crippen LogP contribution in [0.15, 0.2) is 0 Å². The lowest BCUT2D eigenvalue weighted by molar-refractivity contribution is -0.459. The second kappa shape index (κ2) is 10.3. The normalized spacial score (nSPS) is 18.3. The van der Waals surface area contributed by atoms with Gasteiger partial charge in [-0.15, -0.1) is 11.3 Å². The minimum Gasteiger partial charge on any atom is -0.311 e. The summed E-state index contributed by atoms with van der Waals surface area (Å²) in [5.41, 5.74) is -0.896. The Morgan fingerprint density at radius 1 is 0.744 bits per heavy atom. The third-order valence-corrected chi connectivity index (χ3v) is 8.01. The van der Waals surface area contributed by atoms with Gasteiger partial charge in [0.1, 0.15) is 11.1 Å². The number of hydrogen-bond donors (Lipinski definition) is 1. The molecule has 0 aliphatic heterocycles. The number of carbonyl (C=O) groups is 1. The number of amides is 1. The predicted octanol–water partition coefficient (Wildman–Crippen LogP) is 8.72. The molecule has 0 saturated carbocycles. The van der Waals surface area contributed by atoms with E-state index in [-0.39, 0.29) is 34.6 Å². The van der Waals surface area contributed by atoms with E-state index in [0.29, 0.717) is 17.8 Å². The first-order valence-electron chi connectivity index (χ1n) is 11.4. The van der Waals surface area contributed by atoms with Crippen LogP contribution < -0.4 is 5.32 Å². The monoisotopic (exact) mass is 680 g/mol. The Hall–Kier alpha value is -2.53. The quantitative estimate of drug-likeness (QED) is 0.280. The number of halogens is 17. The van der Waals surface area contributed by atoms with Crippen molar-refractivity contribution >= 4 is 22.2 Å². The Balaban J connectivity index is 2.53. The average molecular weight is 680 g/mol. The number of alkyl halides is 17. The summed E-state index contributed by atoms with van der Waals surface area (Å²) in [4.78, 5) is 12.2. The van der Waals surface area contributed by atoms with Crippen LogP contribution in [0, 0.1) is 22.7 Å². The highest BCUT2D eigenvalue weighted by molar-refractivity contribution is 7.16. The summed E-state index contributed by atoms with van der Waals surface area (Å²) in [6.07, 6.45) is -7.27. The third-order valence-electron chi connectivity index (χ3n) is 6.84. The summed E-state index contributed by atoms with van der Waals surface area (Å²) in [5.74, 6) is -62.3. The Morgan fingerprint density at radius 3 is 1.56 bits per heavy atom. The lowest BCUT2D eigenvalue weighted by Crippen LogP contribution is -2.75. The smallest absolute Gasteiger partial charge is 0.311 e. The van der Waals surface area contributed by atoms with E-state index in [9.17, 15) is 84.7 Å². The van der Waals surface area contributed by atoms with Crippen molar-refractivity contribution in [2.24, 2.45) is 11.3 Å². The number of nitrogens with zero attached hydrogens (tertiary/aromatic N) is 1. The molecule has 21 heteroatoms. The van der Waals surface area contributed by atoms with Crippen LogP contribution in [-0.4, -0.2) is 53.5 Å². The zero-order valence-corrected chi connectivity index (χ0v) is 22.2. The molecule has 0 bridgehead atoms. The van der Waals surface area contributed by atoms with Gasteiger partial charge in [-0.1, -0.05) is 20.8 Å². The maximum absolute atomic E-state index is 14.3. The Kier molecular flexibility index (Phi) is 8.74. The maximum Gasteiger partial charge on any atom is 0.460 e. The number of rotatable bonds is 8.